The van der Waals surface area contributed by atoms with E-state index in [1.54, 1.807) is 25.3 Å². The topological polar surface area (TPSA) is 147 Å². The van der Waals surface area contributed by atoms with Gasteiger partial charge in [-0.3, -0.25) is 9.56 Å². The van der Waals surface area contributed by atoms with Gasteiger partial charge in [-0.1, -0.05) is 23.7 Å². The van der Waals surface area contributed by atoms with E-state index < -0.39 is 11.5 Å². The van der Waals surface area contributed by atoms with E-state index in [4.69, 9.17) is 28.2 Å². The van der Waals surface area contributed by atoms with Crippen LogP contribution in [0.15, 0.2) is 58.4 Å². The van der Waals surface area contributed by atoms with Crippen LogP contribution in [0.4, 0.5) is 4.39 Å². The fourth-order valence-electron chi connectivity index (χ4n) is 4.83. The number of aryl methyl sites for hydroxylation is 1. The molecule has 0 atom stereocenters. The summed E-state index contributed by atoms with van der Waals surface area (Å²) >= 11 is 6.26. The van der Waals surface area contributed by atoms with Gasteiger partial charge in [-0.2, -0.15) is 4.98 Å². The molecular formula is C31H39ClFN7O2. The van der Waals surface area contributed by atoms with Crippen LogP contribution >= 0.6 is 11.6 Å². The Morgan fingerprint density at radius 2 is 1.93 bits per heavy atom. The van der Waals surface area contributed by atoms with Gasteiger partial charge in [0.15, 0.2) is 5.82 Å². The molecule has 0 bridgehead atoms. The number of H-pyrrole nitrogens is 1. The number of aliphatic hydroxyl groups is 1. The van der Waals surface area contributed by atoms with Crippen molar-refractivity contribution in [2.45, 2.75) is 57.5 Å². The third-order valence-corrected chi connectivity index (χ3v) is 7.61. The van der Waals surface area contributed by atoms with E-state index in [1.807, 2.05) is 30.3 Å². The highest BCUT2D eigenvalue weighted by Crippen LogP contribution is 2.37. The molecule has 42 heavy (non-hydrogen) atoms. The van der Waals surface area contributed by atoms with E-state index in [2.05, 4.69) is 20.3 Å². The van der Waals surface area contributed by atoms with E-state index in [1.165, 1.54) is 4.57 Å². The Hall–Kier alpha value is -3.57. The van der Waals surface area contributed by atoms with Gasteiger partial charge in [0.25, 0.3) is 0 Å². The normalized spacial score (nSPS) is 14.1. The monoisotopic (exact) mass is 595 g/mol. The third kappa shape index (κ3) is 8.04. The molecule has 0 amide bonds. The molecule has 0 saturated heterocycles. The summed E-state index contributed by atoms with van der Waals surface area (Å²) in [5, 5.41) is 11.1. The zero-order valence-electron chi connectivity index (χ0n) is 24.1. The van der Waals surface area contributed by atoms with E-state index in [0.29, 0.717) is 46.9 Å². The summed E-state index contributed by atoms with van der Waals surface area (Å²) in [6.07, 6.45) is 7.40. The van der Waals surface area contributed by atoms with Crippen molar-refractivity contribution in [3.8, 4) is 16.9 Å². The number of nitrogens with one attached hydrogen (secondary N) is 2. The average molecular weight is 596 g/mol. The van der Waals surface area contributed by atoms with Gasteiger partial charge < -0.3 is 26.9 Å². The summed E-state index contributed by atoms with van der Waals surface area (Å²) in [5.41, 5.74) is 15.3. The lowest BCUT2D eigenvalue weighted by molar-refractivity contribution is 0.399. The van der Waals surface area contributed by atoms with Crippen LogP contribution in [0, 0.1) is 5.82 Å². The van der Waals surface area contributed by atoms with Gasteiger partial charge in [0.05, 0.1) is 22.2 Å². The molecule has 2 aromatic carbocycles. The first-order chi connectivity index (χ1) is 20.2. The number of aromatic nitrogens is 3. The highest BCUT2D eigenvalue weighted by molar-refractivity contribution is 6.31. The largest absolute Gasteiger partial charge is 0.400 e. The second-order valence-corrected chi connectivity index (χ2v) is 11.2. The molecule has 1 aliphatic carbocycles. The van der Waals surface area contributed by atoms with Crippen LogP contribution in [-0.4, -0.2) is 51.2 Å². The third-order valence-electron chi connectivity index (χ3n) is 7.34. The first-order valence-electron chi connectivity index (χ1n) is 14.1. The predicted molar refractivity (Wildman–Crippen MR) is 168 cm³/mol. The minimum atomic E-state index is -0.504. The summed E-state index contributed by atoms with van der Waals surface area (Å²) in [6, 6.07) is 13.0. The van der Waals surface area contributed by atoms with Gasteiger partial charge in [0, 0.05) is 42.9 Å². The standard InChI is InChI=1S/C30H35ClFN7O.CH4O/c1-19(33)36-13-3-12-35-17-20-5-7-23(8-6-20)39-18-22-16-26(37-28(22)38-29(39)40)24-14-21(15-25(31)27(24)32)4-2-9-30(34)10-11-30;1-2/h5-8,14-16,18,35H,2-4,9-13,17,34H2,1H3,(H2,33,36)(H,37,38,40);2H,1H3. The van der Waals surface area contributed by atoms with E-state index in [9.17, 15) is 4.79 Å². The van der Waals surface area contributed by atoms with E-state index in [-0.39, 0.29) is 10.6 Å². The molecule has 5 rings (SSSR count). The number of nitrogens with zero attached hydrogens (tertiary/aromatic N) is 3. The van der Waals surface area contributed by atoms with Crippen LogP contribution < -0.4 is 22.5 Å². The molecule has 0 unspecified atom stereocenters. The molecule has 0 aliphatic heterocycles. The van der Waals surface area contributed by atoms with Gasteiger partial charge in [-0.25, -0.2) is 9.18 Å². The average Bonchev–Trinajstić information content (AvgIpc) is 3.56. The number of halogens is 2. The van der Waals surface area contributed by atoms with Gasteiger partial charge in [0.1, 0.15) is 5.65 Å². The molecule has 224 valence electrons. The van der Waals surface area contributed by atoms with Gasteiger partial charge in [0.2, 0.25) is 0 Å². The lowest BCUT2D eigenvalue weighted by atomic mass is 10.0. The number of benzene rings is 2. The Balaban J connectivity index is 0.00000198. The molecule has 7 N–H and O–H groups in total. The first-order valence-corrected chi connectivity index (χ1v) is 14.5. The molecule has 0 spiro atoms. The summed E-state index contributed by atoms with van der Waals surface area (Å²) in [7, 11) is 1.00. The van der Waals surface area contributed by atoms with Crippen LogP contribution in [0.2, 0.25) is 5.02 Å². The number of aliphatic hydroxyl groups excluding tert-OH is 1. The lowest BCUT2D eigenvalue weighted by Gasteiger charge is -2.10. The van der Waals surface area contributed by atoms with Gasteiger partial charge in [-0.15, -0.1) is 0 Å². The second-order valence-electron chi connectivity index (χ2n) is 10.8. The Morgan fingerprint density at radius 3 is 2.62 bits per heavy atom. The van der Waals surface area contributed by atoms with Crippen molar-refractivity contribution in [1.29, 1.82) is 0 Å². The molecule has 1 fully saturated rings. The summed E-state index contributed by atoms with van der Waals surface area (Å²) < 4.78 is 16.6. The maximum atomic E-state index is 15.1. The zero-order valence-corrected chi connectivity index (χ0v) is 24.8. The molecule has 1 aliphatic rings. The van der Waals surface area contributed by atoms with Crippen LogP contribution in [0.25, 0.3) is 28.0 Å². The number of hydrogen-bond acceptors (Lipinski definition) is 6. The molecule has 9 nitrogen and oxygen atoms in total. The highest BCUT2D eigenvalue weighted by atomic mass is 35.5. The predicted octanol–water partition coefficient (Wildman–Crippen LogP) is 4.45. The van der Waals surface area contributed by atoms with Crippen molar-refractivity contribution in [3.05, 3.63) is 81.1 Å². The fraction of sp³-hybridized carbons (Fsp3) is 0.387. The number of fused-ring (bicyclic) bond motifs is 1. The maximum absolute atomic E-state index is 15.1. The number of hydrogen-bond donors (Lipinski definition) is 5. The van der Waals surface area contributed by atoms with Crippen LogP contribution in [0.1, 0.15) is 50.2 Å². The van der Waals surface area contributed by atoms with Crippen molar-refractivity contribution in [3.63, 3.8) is 0 Å². The second kappa shape index (κ2) is 14.1. The van der Waals surface area contributed by atoms with Gasteiger partial charge >= 0.3 is 5.69 Å². The summed E-state index contributed by atoms with van der Waals surface area (Å²) in [5.74, 6) is 0.0939. The highest BCUT2D eigenvalue weighted by Gasteiger charge is 2.37. The molecular weight excluding hydrogens is 557 g/mol. The van der Waals surface area contributed by atoms with E-state index >= 15 is 4.39 Å². The Bertz CT molecular complexity index is 1590. The van der Waals surface area contributed by atoms with Crippen LogP contribution in [-0.2, 0) is 13.0 Å². The SMILES string of the molecule is CC(N)=NCCCNCc1ccc(-n2cc3cc(-c4cc(CCCC5(N)CC5)cc(Cl)c4F)[nH]c3nc2=O)cc1.CO. The van der Waals surface area contributed by atoms with Gasteiger partial charge in [-0.05, 0) is 93.5 Å². The quantitative estimate of drug-likeness (QED) is 0.0928. The molecule has 1 saturated carbocycles. The minimum absolute atomic E-state index is 0.0161. The molecule has 2 aromatic heterocycles. The number of amidine groups is 1. The Kier molecular flexibility index (Phi) is 10.5. The van der Waals surface area contributed by atoms with Crippen molar-refractivity contribution in [2.24, 2.45) is 16.5 Å². The maximum Gasteiger partial charge on any atom is 0.354 e. The van der Waals surface area contributed by atoms with E-state index in [0.717, 1.165) is 63.3 Å². The molecule has 0 radical (unpaired) electrons. The summed E-state index contributed by atoms with van der Waals surface area (Å²) in [6.45, 7) is 4.02. The zero-order chi connectivity index (χ0) is 30.3. The van der Waals surface area contributed by atoms with Crippen LogP contribution in [0.5, 0.6) is 0 Å². The van der Waals surface area contributed by atoms with Crippen LogP contribution in [0.3, 0.4) is 0 Å². The molecule has 4 aromatic rings. The van der Waals surface area contributed by atoms with Crippen molar-refractivity contribution >= 4 is 28.5 Å². The first kappa shape index (κ1) is 31.4. The minimum Gasteiger partial charge on any atom is -0.400 e. The molecule has 11 heteroatoms. The van der Waals surface area contributed by atoms with Crippen molar-refractivity contribution in [2.75, 3.05) is 20.2 Å². The number of nitrogens with two attached hydrogens (primary N) is 2. The number of rotatable bonds is 12. The summed E-state index contributed by atoms with van der Waals surface area (Å²) in [4.78, 5) is 24.4. The Labute approximate surface area is 249 Å². The Morgan fingerprint density at radius 1 is 1.19 bits per heavy atom. The lowest BCUT2D eigenvalue weighted by Crippen LogP contribution is -2.21. The number of aromatic amines is 1. The molecule has 2 heterocycles. The van der Waals surface area contributed by atoms with Crippen molar-refractivity contribution < 1.29 is 9.50 Å². The number of aliphatic imine (C=N–C) groups is 1. The fourth-order valence-corrected chi connectivity index (χ4v) is 5.07. The van der Waals surface area contributed by atoms with Crippen molar-refractivity contribution in [1.82, 2.24) is 19.9 Å². The smallest absolute Gasteiger partial charge is 0.354 e.